The van der Waals surface area contributed by atoms with Crippen molar-refractivity contribution in [3.8, 4) is 0 Å². The van der Waals surface area contributed by atoms with Crippen LogP contribution in [0.25, 0.3) is 6.08 Å². The number of ketones is 1. The van der Waals surface area contributed by atoms with Gasteiger partial charge in [-0.25, -0.2) is 4.98 Å². The first-order valence-electron chi connectivity index (χ1n) is 12.9. The molecule has 2 heterocycles. The number of ether oxygens (including phenoxy) is 1. The average molecular weight is 505 g/mol. The molecule has 0 bridgehead atoms. The second-order valence-corrected chi connectivity index (χ2v) is 11.0. The number of carbonyl (C=O) groups excluding carboxylic acids is 2. The Hall–Kier alpha value is -2.29. The summed E-state index contributed by atoms with van der Waals surface area (Å²) in [5, 5.41) is 21.7. The maximum atomic E-state index is 13.2. The molecule has 0 aromatic carbocycles. The van der Waals surface area contributed by atoms with Gasteiger partial charge in [0, 0.05) is 11.8 Å². The van der Waals surface area contributed by atoms with Crippen LogP contribution in [-0.4, -0.2) is 45.3 Å². The summed E-state index contributed by atoms with van der Waals surface area (Å²) in [6.07, 6.45) is 4.87. The van der Waals surface area contributed by atoms with Crippen molar-refractivity contribution in [2.45, 2.75) is 99.0 Å². The highest BCUT2D eigenvalue weighted by Gasteiger charge is 2.42. The van der Waals surface area contributed by atoms with Crippen LogP contribution in [0.1, 0.15) is 85.7 Å². The van der Waals surface area contributed by atoms with E-state index in [1.54, 1.807) is 26.8 Å². The summed E-state index contributed by atoms with van der Waals surface area (Å²) in [5.41, 5.74) is 6.87. The molecule has 1 aromatic heterocycles. The van der Waals surface area contributed by atoms with Crippen molar-refractivity contribution in [1.29, 1.82) is 0 Å². The maximum Gasteiger partial charge on any atom is 0.309 e. The zero-order chi connectivity index (χ0) is 27.2. The third kappa shape index (κ3) is 7.60. The molecule has 0 aliphatic carbocycles. The molecule has 1 aromatic rings. The number of hydrogen-bond acceptors (Lipinski definition) is 8. The van der Waals surface area contributed by atoms with E-state index in [1.807, 2.05) is 27.7 Å². The number of aliphatic hydroxyl groups excluding tert-OH is 2. The van der Waals surface area contributed by atoms with Gasteiger partial charge >= 0.3 is 5.97 Å². The second-order valence-electron chi connectivity index (χ2n) is 11.0. The lowest BCUT2D eigenvalue weighted by atomic mass is 9.73. The summed E-state index contributed by atoms with van der Waals surface area (Å²) >= 11 is 0. The van der Waals surface area contributed by atoms with Crippen LogP contribution in [0.5, 0.6) is 0 Å². The topological polar surface area (TPSA) is 136 Å². The summed E-state index contributed by atoms with van der Waals surface area (Å²) in [6.45, 7) is 12.9. The summed E-state index contributed by atoms with van der Waals surface area (Å²) in [4.78, 5) is 30.5. The van der Waals surface area contributed by atoms with Gasteiger partial charge in [0.15, 0.2) is 0 Å². The van der Waals surface area contributed by atoms with Gasteiger partial charge in [-0.3, -0.25) is 9.59 Å². The van der Waals surface area contributed by atoms with E-state index >= 15 is 0 Å². The highest BCUT2D eigenvalue weighted by Crippen LogP contribution is 2.33. The van der Waals surface area contributed by atoms with Gasteiger partial charge in [-0.1, -0.05) is 46.3 Å². The number of aromatic nitrogens is 1. The van der Waals surface area contributed by atoms with E-state index in [4.69, 9.17) is 14.9 Å². The average Bonchev–Trinajstić information content (AvgIpc) is 3.27. The molecule has 0 fully saturated rings. The fourth-order valence-electron chi connectivity index (χ4n) is 4.91. The van der Waals surface area contributed by atoms with Crippen molar-refractivity contribution in [1.82, 2.24) is 4.98 Å². The first kappa shape index (κ1) is 29.9. The second kappa shape index (κ2) is 12.8. The molecular weight excluding hydrogens is 460 g/mol. The van der Waals surface area contributed by atoms with E-state index in [2.05, 4.69) is 11.1 Å². The Labute approximate surface area is 215 Å². The Balaban J connectivity index is 2.40. The van der Waals surface area contributed by atoms with E-state index in [1.165, 1.54) is 6.26 Å². The molecule has 0 spiro atoms. The zero-order valence-electron chi connectivity index (χ0n) is 22.8. The van der Waals surface area contributed by atoms with Gasteiger partial charge in [-0.15, -0.1) is 0 Å². The predicted molar refractivity (Wildman–Crippen MR) is 138 cm³/mol. The fourth-order valence-corrected chi connectivity index (χ4v) is 4.91. The van der Waals surface area contributed by atoms with Crippen LogP contribution in [0.3, 0.4) is 0 Å². The fraction of sp³-hybridized carbons (Fsp3) is 0.679. The number of rotatable bonds is 3. The smallest absolute Gasteiger partial charge is 0.309 e. The van der Waals surface area contributed by atoms with Gasteiger partial charge in [-0.2, -0.15) is 0 Å². The molecular formula is C28H44N2O6. The van der Waals surface area contributed by atoms with Crippen LogP contribution in [0, 0.1) is 23.2 Å². The molecule has 8 nitrogen and oxygen atoms in total. The molecule has 1 aliphatic rings. The first-order valence-corrected chi connectivity index (χ1v) is 12.9. The van der Waals surface area contributed by atoms with Crippen LogP contribution in [0.15, 0.2) is 27.9 Å². The number of esters is 1. The van der Waals surface area contributed by atoms with Gasteiger partial charge in [0.05, 0.1) is 30.6 Å². The van der Waals surface area contributed by atoms with Crippen molar-refractivity contribution >= 4 is 17.8 Å². The number of oxazole rings is 1. The minimum absolute atomic E-state index is 0.0706. The third-order valence-electron chi connectivity index (χ3n) is 7.42. The quantitative estimate of drug-likeness (QED) is 0.412. The molecule has 0 saturated heterocycles. The normalized spacial score (nSPS) is 33.1. The van der Waals surface area contributed by atoms with Gasteiger partial charge in [0.2, 0.25) is 5.89 Å². The number of nitrogens with zero attached hydrogens (tertiary/aromatic N) is 1. The largest absolute Gasteiger partial charge is 0.457 e. The van der Waals surface area contributed by atoms with Crippen LogP contribution in [0.4, 0.5) is 0 Å². The molecule has 0 amide bonds. The van der Waals surface area contributed by atoms with Crippen LogP contribution in [-0.2, 0) is 20.9 Å². The first-order chi connectivity index (χ1) is 16.8. The Morgan fingerprint density at radius 2 is 1.92 bits per heavy atom. The summed E-state index contributed by atoms with van der Waals surface area (Å²) in [7, 11) is 0. The number of aliphatic hydroxyl groups is 2. The lowest BCUT2D eigenvalue weighted by Crippen LogP contribution is -2.45. The molecule has 6 atom stereocenters. The number of nitrogens with two attached hydrogens (primary N) is 1. The van der Waals surface area contributed by atoms with Gasteiger partial charge < -0.3 is 25.1 Å². The molecule has 36 heavy (non-hydrogen) atoms. The SMILES string of the molecule is C/C1=C/[C@H](C)[C@@H](/C(C)=C/c2coc(CN)n2)OC(=O)C[C@H](O)C(C)(C)C(=O)[C@H](C)[C@@H](O)[C@@H](C)CCC1. The van der Waals surface area contributed by atoms with E-state index in [0.29, 0.717) is 11.6 Å². The molecule has 0 unspecified atom stereocenters. The lowest BCUT2D eigenvalue weighted by Gasteiger charge is -2.34. The molecule has 1 aliphatic heterocycles. The maximum absolute atomic E-state index is 13.2. The summed E-state index contributed by atoms with van der Waals surface area (Å²) in [6, 6.07) is 0. The molecule has 8 heteroatoms. The Kier molecular flexibility index (Phi) is 10.6. The monoisotopic (exact) mass is 504 g/mol. The zero-order valence-corrected chi connectivity index (χ0v) is 22.8. The van der Waals surface area contributed by atoms with Gasteiger partial charge in [0.25, 0.3) is 0 Å². The summed E-state index contributed by atoms with van der Waals surface area (Å²) in [5.74, 6) is -1.34. The number of allylic oxidation sites excluding steroid dienone is 1. The Bertz CT molecular complexity index is 963. The minimum Gasteiger partial charge on any atom is -0.457 e. The molecule has 4 N–H and O–H groups in total. The van der Waals surface area contributed by atoms with E-state index < -0.39 is 35.6 Å². The number of hydrogen-bond donors (Lipinski definition) is 3. The highest BCUT2D eigenvalue weighted by atomic mass is 16.5. The number of carbonyl (C=O) groups is 2. The Morgan fingerprint density at radius 3 is 2.53 bits per heavy atom. The predicted octanol–water partition coefficient (Wildman–Crippen LogP) is 4.19. The van der Waals surface area contributed by atoms with Crippen LogP contribution >= 0.6 is 0 Å². The molecule has 202 valence electrons. The van der Waals surface area contributed by atoms with Crippen molar-refractivity contribution in [3.05, 3.63) is 35.1 Å². The van der Waals surface area contributed by atoms with E-state index in [-0.39, 0.29) is 30.6 Å². The van der Waals surface area contributed by atoms with Crippen molar-refractivity contribution < 1.29 is 29.0 Å². The lowest BCUT2D eigenvalue weighted by molar-refractivity contribution is -0.155. The summed E-state index contributed by atoms with van der Waals surface area (Å²) < 4.78 is 11.2. The van der Waals surface area contributed by atoms with E-state index in [9.17, 15) is 19.8 Å². The van der Waals surface area contributed by atoms with Crippen molar-refractivity contribution in [2.24, 2.45) is 28.9 Å². The van der Waals surface area contributed by atoms with Gasteiger partial charge in [0.1, 0.15) is 23.8 Å². The van der Waals surface area contributed by atoms with Crippen LogP contribution in [0.2, 0.25) is 0 Å². The van der Waals surface area contributed by atoms with Crippen LogP contribution < -0.4 is 5.73 Å². The number of Topliss-reactive ketones (excluding diaryl/α,β-unsaturated/α-hetero) is 1. The highest BCUT2D eigenvalue weighted by molar-refractivity contribution is 5.88. The minimum atomic E-state index is -1.25. The molecule has 0 radical (unpaired) electrons. The van der Waals surface area contributed by atoms with Crippen molar-refractivity contribution in [2.75, 3.05) is 0 Å². The standard InChI is InChI=1S/C28H44N2O6/c1-16-9-8-10-17(2)25(33)20(5)27(34)28(6,7)22(31)13-24(32)36-26(18(3)11-16)19(4)12-21-15-35-23(14-29)30-21/h11-12,15,17-18,20,22,25-26,31,33H,8-10,13-14,29H2,1-7H3/b16-11-,19-12+/t17-,18-,20+,22-,25-,26-/m0/s1. The molecule has 2 rings (SSSR count). The van der Waals surface area contributed by atoms with Crippen molar-refractivity contribution in [3.63, 3.8) is 0 Å². The molecule has 0 saturated carbocycles. The van der Waals surface area contributed by atoms with Gasteiger partial charge in [-0.05, 0) is 50.7 Å². The Morgan fingerprint density at radius 1 is 1.25 bits per heavy atom. The number of cyclic esters (lactones) is 1. The van der Waals surface area contributed by atoms with E-state index in [0.717, 1.165) is 30.4 Å². The third-order valence-corrected chi connectivity index (χ3v) is 7.42.